The molecule has 14 aromatic rings. The lowest BCUT2D eigenvalue weighted by Gasteiger charge is -2.40. The normalized spacial score (nSPS) is 11.7. The first-order valence-corrected chi connectivity index (χ1v) is 28.5. The molecule has 4 heterocycles. The molecule has 0 radical (unpaired) electrons. The molecule has 11 aromatic carbocycles. The summed E-state index contributed by atoms with van der Waals surface area (Å²) in [6, 6.07) is 103. The fourth-order valence-corrected chi connectivity index (χ4v) is 11.4. The third-order valence-electron chi connectivity index (χ3n) is 15.3. The van der Waals surface area contributed by atoms with Gasteiger partial charge in [-0.25, -0.2) is 39.9 Å². The number of hydrogen-bond acceptors (Lipinski definition) is 10. The largest absolute Gasteiger partial charge is 0.305 e. The molecule has 0 aliphatic carbocycles. The van der Waals surface area contributed by atoms with Crippen LogP contribution in [0.4, 0.5) is 34.4 Å². The molecular formula is C76H50N10. The molecule has 0 bridgehead atoms. The Labute approximate surface area is 497 Å². The van der Waals surface area contributed by atoms with Crippen molar-refractivity contribution in [1.29, 1.82) is 0 Å². The van der Waals surface area contributed by atoms with Crippen molar-refractivity contribution in [2.75, 3.05) is 9.80 Å². The third kappa shape index (κ3) is 9.68. The van der Waals surface area contributed by atoms with E-state index in [1.807, 2.05) is 170 Å². The lowest BCUT2D eigenvalue weighted by Crippen LogP contribution is -2.26. The van der Waals surface area contributed by atoms with Crippen LogP contribution < -0.4 is 9.80 Å². The Balaban J connectivity index is 1.09. The van der Waals surface area contributed by atoms with E-state index in [0.29, 0.717) is 40.9 Å². The predicted molar refractivity (Wildman–Crippen MR) is 346 cm³/mol. The molecule has 10 nitrogen and oxygen atoms in total. The Bertz CT molecular complexity index is 4510. The van der Waals surface area contributed by atoms with Gasteiger partial charge in [0.1, 0.15) is 0 Å². The summed E-state index contributed by atoms with van der Waals surface area (Å²) in [6.07, 6.45) is 0. The molecular weight excluding hydrogens is 1050 g/mol. The Morgan fingerprint density at radius 1 is 0.186 bits per heavy atom. The molecule has 0 saturated heterocycles. The van der Waals surface area contributed by atoms with Gasteiger partial charge in [0.05, 0.1) is 45.4 Å². The molecule has 10 heteroatoms. The molecule has 0 atom stereocenters. The van der Waals surface area contributed by atoms with Gasteiger partial charge >= 0.3 is 0 Å². The maximum Gasteiger partial charge on any atom is 0.235 e. The summed E-state index contributed by atoms with van der Waals surface area (Å²) in [4.78, 5) is 48.3. The highest BCUT2D eigenvalue weighted by Gasteiger charge is 2.37. The average molecular weight is 1100 g/mol. The standard InChI is InChI=1S/C76H50N10/c1-9-29-51(30-10-1)59-49-66(85-62-45-25-27-47-64(62)86(65-48-28-26-46-63(65)85)76-77-60(52-31-11-2-12-32-52)50-61(78-76)53-33-13-3-14-34-53)69(75-83-72(57-41-21-7-22-42-57)80-73(84-75)58-43-23-8-24-44-58)67(54-35-15-4-16-36-54)68(59)74-81-70(55-37-17-5-18-38-55)79-71(82-74)56-39-19-6-20-40-56/h1-50H. The van der Waals surface area contributed by atoms with Gasteiger partial charge in [-0.3, -0.25) is 4.90 Å². The van der Waals surface area contributed by atoms with Crippen molar-refractivity contribution in [3.05, 3.63) is 303 Å². The number of aromatic nitrogens is 8. The van der Waals surface area contributed by atoms with Crippen molar-refractivity contribution in [3.63, 3.8) is 0 Å². The molecule has 0 N–H and O–H groups in total. The zero-order valence-corrected chi connectivity index (χ0v) is 46.3. The van der Waals surface area contributed by atoms with Crippen LogP contribution >= 0.6 is 0 Å². The van der Waals surface area contributed by atoms with Gasteiger partial charge in [0.2, 0.25) is 5.95 Å². The van der Waals surface area contributed by atoms with Crippen molar-refractivity contribution in [3.8, 4) is 113 Å². The second-order valence-corrected chi connectivity index (χ2v) is 20.7. The van der Waals surface area contributed by atoms with Crippen LogP contribution in [0.1, 0.15) is 0 Å². The first kappa shape index (κ1) is 51.0. The van der Waals surface area contributed by atoms with Gasteiger partial charge in [0, 0.05) is 44.5 Å². The Morgan fingerprint density at radius 3 is 0.826 bits per heavy atom. The van der Waals surface area contributed by atoms with E-state index in [1.165, 1.54) is 0 Å². The summed E-state index contributed by atoms with van der Waals surface area (Å²) in [5.41, 5.74) is 16.2. The second-order valence-electron chi connectivity index (χ2n) is 20.7. The number of fused-ring (bicyclic) bond motifs is 2. The van der Waals surface area contributed by atoms with E-state index in [0.717, 1.165) is 107 Å². The average Bonchev–Trinajstić information content (AvgIpc) is 0.900. The second kappa shape index (κ2) is 22.5. The number of benzene rings is 11. The molecule has 0 amide bonds. The van der Waals surface area contributed by atoms with Crippen LogP contribution in [0, 0.1) is 0 Å². The van der Waals surface area contributed by atoms with E-state index >= 15 is 0 Å². The Morgan fingerprint density at radius 2 is 0.465 bits per heavy atom. The van der Waals surface area contributed by atoms with Crippen molar-refractivity contribution in [1.82, 2.24) is 39.9 Å². The maximum atomic E-state index is 5.63. The summed E-state index contributed by atoms with van der Waals surface area (Å²) in [5, 5.41) is 0. The van der Waals surface area contributed by atoms with Crippen LogP contribution in [-0.2, 0) is 0 Å². The van der Waals surface area contributed by atoms with Crippen molar-refractivity contribution in [2.45, 2.75) is 0 Å². The van der Waals surface area contributed by atoms with E-state index < -0.39 is 0 Å². The van der Waals surface area contributed by atoms with Gasteiger partial charge in [-0.2, -0.15) is 0 Å². The molecule has 0 unspecified atom stereocenters. The van der Waals surface area contributed by atoms with Crippen molar-refractivity contribution >= 4 is 34.4 Å². The van der Waals surface area contributed by atoms with E-state index in [-0.39, 0.29) is 0 Å². The summed E-state index contributed by atoms with van der Waals surface area (Å²) >= 11 is 0. The highest BCUT2D eigenvalue weighted by atomic mass is 15.3. The van der Waals surface area contributed by atoms with Crippen LogP contribution in [0.2, 0.25) is 0 Å². The molecule has 15 rings (SSSR count). The van der Waals surface area contributed by atoms with Gasteiger partial charge in [-0.05, 0) is 53.1 Å². The zero-order valence-electron chi connectivity index (χ0n) is 46.3. The first-order valence-electron chi connectivity index (χ1n) is 28.5. The topological polar surface area (TPSA) is 110 Å². The number of nitrogens with zero attached hydrogens (tertiary/aromatic N) is 10. The highest BCUT2D eigenvalue weighted by Crippen LogP contribution is 2.58. The number of hydrogen-bond donors (Lipinski definition) is 0. The monoisotopic (exact) mass is 1100 g/mol. The number of para-hydroxylation sites is 4. The minimum atomic E-state index is 0.442. The van der Waals surface area contributed by atoms with Crippen LogP contribution in [0.15, 0.2) is 303 Å². The van der Waals surface area contributed by atoms with Crippen molar-refractivity contribution < 1.29 is 0 Å². The van der Waals surface area contributed by atoms with E-state index in [4.69, 9.17) is 39.9 Å². The van der Waals surface area contributed by atoms with E-state index in [2.05, 4.69) is 143 Å². The van der Waals surface area contributed by atoms with Crippen LogP contribution in [-0.4, -0.2) is 39.9 Å². The minimum absolute atomic E-state index is 0.442. The van der Waals surface area contributed by atoms with Crippen LogP contribution in [0.25, 0.3) is 113 Å². The van der Waals surface area contributed by atoms with Gasteiger partial charge in [0.15, 0.2) is 34.9 Å². The molecule has 0 fully saturated rings. The third-order valence-corrected chi connectivity index (χ3v) is 15.3. The molecule has 404 valence electrons. The summed E-state index contributed by atoms with van der Waals surface area (Å²) in [7, 11) is 0. The molecule has 0 spiro atoms. The SMILES string of the molecule is c1ccc(-c2cc(-c3ccccc3)nc(N3c4ccccc4N(c4cc(-c5ccccc5)c(-c5nc(-c6ccccc6)nc(-c6ccccc6)n5)c(-c5ccccc5)c4-c4nc(-c5ccccc5)nc(-c5ccccc5)n4)c4ccccc43)n2)cc1. The van der Waals surface area contributed by atoms with Gasteiger partial charge in [-0.15, -0.1) is 0 Å². The van der Waals surface area contributed by atoms with Crippen LogP contribution in [0.5, 0.6) is 0 Å². The van der Waals surface area contributed by atoms with E-state index in [9.17, 15) is 0 Å². The summed E-state index contributed by atoms with van der Waals surface area (Å²) < 4.78 is 0. The van der Waals surface area contributed by atoms with Crippen LogP contribution in [0.3, 0.4) is 0 Å². The fraction of sp³-hybridized carbons (Fsp3) is 0. The van der Waals surface area contributed by atoms with Gasteiger partial charge < -0.3 is 4.90 Å². The maximum absolute atomic E-state index is 5.63. The smallest absolute Gasteiger partial charge is 0.235 e. The molecule has 0 saturated carbocycles. The summed E-state index contributed by atoms with van der Waals surface area (Å²) in [6.45, 7) is 0. The number of anilines is 6. The minimum Gasteiger partial charge on any atom is -0.305 e. The lowest BCUT2D eigenvalue weighted by atomic mass is 9.85. The Kier molecular flexibility index (Phi) is 13.3. The molecule has 1 aliphatic heterocycles. The highest BCUT2D eigenvalue weighted by molar-refractivity contribution is 6.10. The van der Waals surface area contributed by atoms with E-state index in [1.54, 1.807) is 0 Å². The lowest BCUT2D eigenvalue weighted by molar-refractivity contribution is 1.05. The van der Waals surface area contributed by atoms with Gasteiger partial charge in [0.25, 0.3) is 0 Å². The Hall–Kier alpha value is -11.9. The molecule has 3 aromatic heterocycles. The predicted octanol–water partition coefficient (Wildman–Crippen LogP) is 18.8. The number of rotatable bonds is 12. The fourth-order valence-electron chi connectivity index (χ4n) is 11.4. The van der Waals surface area contributed by atoms with Gasteiger partial charge in [-0.1, -0.05) is 267 Å². The zero-order chi connectivity index (χ0) is 57.2. The quantitative estimate of drug-likeness (QED) is 0.117. The first-order chi connectivity index (χ1) is 42.7. The molecule has 1 aliphatic rings. The molecule has 86 heavy (non-hydrogen) atoms. The summed E-state index contributed by atoms with van der Waals surface area (Å²) in [5.74, 6) is 3.53. The van der Waals surface area contributed by atoms with Crippen molar-refractivity contribution in [2.24, 2.45) is 0 Å².